The summed E-state index contributed by atoms with van der Waals surface area (Å²) in [6.45, 7) is 5.19. The zero-order valence-corrected chi connectivity index (χ0v) is 9.77. The smallest absolute Gasteiger partial charge is 0.0510 e. The van der Waals surface area contributed by atoms with Crippen LogP contribution < -0.4 is 5.32 Å². The van der Waals surface area contributed by atoms with Crippen molar-refractivity contribution in [2.45, 2.75) is 19.8 Å². The molecule has 14 heavy (non-hydrogen) atoms. The lowest BCUT2D eigenvalue weighted by molar-refractivity contribution is 0.369. The van der Waals surface area contributed by atoms with Crippen LogP contribution in [0.3, 0.4) is 0 Å². The van der Waals surface area contributed by atoms with Crippen LogP contribution in [-0.2, 0) is 0 Å². The van der Waals surface area contributed by atoms with Crippen LogP contribution >= 0.6 is 11.6 Å². The van der Waals surface area contributed by atoms with Crippen LogP contribution in [0.4, 0.5) is 0 Å². The van der Waals surface area contributed by atoms with Gasteiger partial charge in [-0.25, -0.2) is 0 Å². The molecule has 0 heterocycles. The van der Waals surface area contributed by atoms with Gasteiger partial charge in [-0.15, -0.1) is 0 Å². The number of hydrogen-bond acceptors (Lipinski definition) is 2. The quantitative estimate of drug-likeness (QED) is 0.756. The molecule has 1 N–H and O–H groups in total. The number of hydrogen-bond donors (Lipinski definition) is 1. The van der Waals surface area contributed by atoms with Gasteiger partial charge in [-0.3, -0.25) is 0 Å². The molecule has 0 spiro atoms. The van der Waals surface area contributed by atoms with E-state index in [9.17, 15) is 0 Å². The lowest BCUT2D eigenvalue weighted by atomic mass is 10.1. The summed E-state index contributed by atoms with van der Waals surface area (Å²) in [7, 11) is 1.97. The summed E-state index contributed by atoms with van der Waals surface area (Å²) in [6.07, 6.45) is 6.41. The van der Waals surface area contributed by atoms with Crippen LogP contribution in [0, 0.1) is 0 Å². The van der Waals surface area contributed by atoms with Gasteiger partial charge in [0.25, 0.3) is 0 Å². The van der Waals surface area contributed by atoms with Crippen LogP contribution in [0.15, 0.2) is 22.9 Å². The Hall–Kier alpha value is -0.470. The Kier molecular flexibility index (Phi) is 5.05. The number of halogens is 1. The molecule has 0 saturated carbocycles. The minimum absolute atomic E-state index is 0.990. The van der Waals surface area contributed by atoms with Crippen molar-refractivity contribution in [2.75, 3.05) is 26.7 Å². The minimum atomic E-state index is 0.990. The largest absolute Gasteiger partial charge is 0.370 e. The third-order valence-corrected chi connectivity index (χ3v) is 2.82. The SMILES string of the molecule is CCN(CCNC)C1=C(Cl)CCC=C1. The van der Waals surface area contributed by atoms with Crippen molar-refractivity contribution in [3.63, 3.8) is 0 Å². The monoisotopic (exact) mass is 214 g/mol. The Morgan fingerprint density at radius 1 is 1.57 bits per heavy atom. The highest BCUT2D eigenvalue weighted by atomic mass is 35.5. The highest BCUT2D eigenvalue weighted by Crippen LogP contribution is 2.24. The molecule has 0 aliphatic heterocycles. The summed E-state index contributed by atoms with van der Waals surface area (Å²) < 4.78 is 0. The molecule has 1 rings (SSSR count). The van der Waals surface area contributed by atoms with E-state index in [1.807, 2.05) is 7.05 Å². The van der Waals surface area contributed by atoms with Crippen LogP contribution in [0.25, 0.3) is 0 Å². The molecule has 0 saturated heterocycles. The predicted molar refractivity (Wildman–Crippen MR) is 62.4 cm³/mol. The Bertz CT molecular complexity index is 233. The molecule has 0 atom stereocenters. The van der Waals surface area contributed by atoms with Crippen molar-refractivity contribution in [1.29, 1.82) is 0 Å². The van der Waals surface area contributed by atoms with E-state index in [1.54, 1.807) is 0 Å². The van der Waals surface area contributed by atoms with Gasteiger partial charge in [0.2, 0.25) is 0 Å². The molecule has 0 radical (unpaired) electrons. The standard InChI is InChI=1S/C11H19ClN2/c1-3-14(9-8-13-2)11-7-5-4-6-10(11)12/h5,7,13H,3-4,6,8-9H2,1-2H3. The molecular weight excluding hydrogens is 196 g/mol. The van der Waals surface area contributed by atoms with Crippen molar-refractivity contribution in [2.24, 2.45) is 0 Å². The maximum Gasteiger partial charge on any atom is 0.0510 e. The Morgan fingerprint density at radius 3 is 2.93 bits per heavy atom. The summed E-state index contributed by atoms with van der Waals surface area (Å²) in [5, 5.41) is 4.16. The molecule has 0 aromatic rings. The van der Waals surface area contributed by atoms with Gasteiger partial charge in [-0.1, -0.05) is 17.7 Å². The first kappa shape index (κ1) is 11.6. The average Bonchev–Trinajstić information content (AvgIpc) is 2.21. The second kappa shape index (κ2) is 6.10. The fraction of sp³-hybridized carbons (Fsp3) is 0.636. The summed E-state index contributed by atoms with van der Waals surface area (Å²) in [4.78, 5) is 2.31. The van der Waals surface area contributed by atoms with Gasteiger partial charge in [0, 0.05) is 24.7 Å². The highest BCUT2D eigenvalue weighted by molar-refractivity contribution is 6.30. The van der Waals surface area contributed by atoms with Crippen LogP contribution in [-0.4, -0.2) is 31.6 Å². The maximum atomic E-state index is 6.20. The molecular formula is C11H19ClN2. The molecule has 0 bridgehead atoms. The van der Waals surface area contributed by atoms with Crippen LogP contribution in [0.2, 0.25) is 0 Å². The Labute approximate surface area is 91.6 Å². The number of nitrogens with zero attached hydrogens (tertiary/aromatic N) is 1. The van der Waals surface area contributed by atoms with E-state index in [0.29, 0.717) is 0 Å². The number of allylic oxidation sites excluding steroid dienone is 3. The zero-order valence-electron chi connectivity index (χ0n) is 9.02. The summed E-state index contributed by atoms with van der Waals surface area (Å²) in [5.41, 5.74) is 1.20. The number of nitrogens with one attached hydrogen (secondary N) is 1. The highest BCUT2D eigenvalue weighted by Gasteiger charge is 2.11. The first-order valence-electron chi connectivity index (χ1n) is 5.24. The van der Waals surface area contributed by atoms with Crippen molar-refractivity contribution in [3.8, 4) is 0 Å². The molecule has 2 nitrogen and oxygen atoms in total. The predicted octanol–water partition coefficient (Wildman–Crippen LogP) is 2.33. The molecule has 1 aliphatic carbocycles. The number of rotatable bonds is 5. The molecule has 0 aromatic heterocycles. The first-order chi connectivity index (χ1) is 6.79. The van der Waals surface area contributed by atoms with Crippen molar-refractivity contribution in [1.82, 2.24) is 10.2 Å². The molecule has 0 aromatic carbocycles. The molecule has 0 fully saturated rings. The molecule has 3 heteroatoms. The zero-order chi connectivity index (χ0) is 10.4. The lowest BCUT2D eigenvalue weighted by Crippen LogP contribution is -2.30. The van der Waals surface area contributed by atoms with E-state index in [0.717, 1.165) is 37.5 Å². The van der Waals surface area contributed by atoms with Gasteiger partial charge in [0.05, 0.1) is 5.70 Å². The van der Waals surface area contributed by atoms with Gasteiger partial charge in [0.15, 0.2) is 0 Å². The summed E-state index contributed by atoms with van der Waals surface area (Å²) in [5.74, 6) is 0. The van der Waals surface area contributed by atoms with Gasteiger partial charge in [0.1, 0.15) is 0 Å². The normalized spacial score (nSPS) is 16.2. The fourth-order valence-electron chi connectivity index (χ4n) is 1.60. The minimum Gasteiger partial charge on any atom is -0.370 e. The van der Waals surface area contributed by atoms with E-state index in [2.05, 4.69) is 29.3 Å². The van der Waals surface area contributed by atoms with E-state index in [1.165, 1.54) is 5.70 Å². The van der Waals surface area contributed by atoms with Crippen LogP contribution in [0.5, 0.6) is 0 Å². The van der Waals surface area contributed by atoms with Crippen LogP contribution in [0.1, 0.15) is 19.8 Å². The van der Waals surface area contributed by atoms with Crippen molar-refractivity contribution in [3.05, 3.63) is 22.9 Å². The molecule has 80 valence electrons. The fourth-order valence-corrected chi connectivity index (χ4v) is 1.89. The molecule has 1 aliphatic rings. The molecule has 0 unspecified atom stereocenters. The van der Waals surface area contributed by atoms with E-state index in [-0.39, 0.29) is 0 Å². The maximum absolute atomic E-state index is 6.20. The van der Waals surface area contributed by atoms with E-state index >= 15 is 0 Å². The van der Waals surface area contributed by atoms with Crippen molar-refractivity contribution < 1.29 is 0 Å². The summed E-state index contributed by atoms with van der Waals surface area (Å²) >= 11 is 6.20. The van der Waals surface area contributed by atoms with Gasteiger partial charge >= 0.3 is 0 Å². The average molecular weight is 215 g/mol. The van der Waals surface area contributed by atoms with Gasteiger partial charge < -0.3 is 10.2 Å². The summed E-state index contributed by atoms with van der Waals surface area (Å²) in [6, 6.07) is 0. The second-order valence-corrected chi connectivity index (χ2v) is 3.87. The number of likely N-dealkylation sites (N-methyl/N-ethyl adjacent to an activating group) is 2. The van der Waals surface area contributed by atoms with Crippen molar-refractivity contribution >= 4 is 11.6 Å². The third kappa shape index (κ3) is 3.03. The topological polar surface area (TPSA) is 15.3 Å². The first-order valence-corrected chi connectivity index (χ1v) is 5.62. The second-order valence-electron chi connectivity index (χ2n) is 3.41. The van der Waals surface area contributed by atoms with Gasteiger partial charge in [-0.2, -0.15) is 0 Å². The van der Waals surface area contributed by atoms with E-state index < -0.39 is 0 Å². The lowest BCUT2D eigenvalue weighted by Gasteiger charge is -2.26. The van der Waals surface area contributed by atoms with Gasteiger partial charge in [-0.05, 0) is 32.9 Å². The van der Waals surface area contributed by atoms with E-state index in [4.69, 9.17) is 11.6 Å². The molecule has 0 amide bonds. The Morgan fingerprint density at radius 2 is 2.36 bits per heavy atom. The third-order valence-electron chi connectivity index (χ3n) is 2.44. The Balaban J connectivity index is 2.62.